The number of carbonyl (C=O) groups is 1. The molecule has 0 atom stereocenters. The van der Waals surface area contributed by atoms with Crippen LogP contribution in [0.5, 0.6) is 5.75 Å². The molecule has 2 rings (SSSR count). The van der Waals surface area contributed by atoms with E-state index in [1.54, 1.807) is 24.3 Å². The Balaban J connectivity index is 2.00. The smallest absolute Gasteiger partial charge is 0.433 e. The molecule has 0 bridgehead atoms. The zero-order valence-corrected chi connectivity index (χ0v) is 12.5. The topological polar surface area (TPSA) is 82.6 Å². The SMILES string of the molecule is C=C(C)COc1ccc(C(=O)/C=C/c2ccc([N+](=O)[O-])o2)cc1. The summed E-state index contributed by atoms with van der Waals surface area (Å²) in [6.45, 7) is 6.03. The highest BCUT2D eigenvalue weighted by Crippen LogP contribution is 2.18. The second kappa shape index (κ2) is 7.22. The molecule has 1 aromatic carbocycles. The molecule has 0 saturated heterocycles. The number of furan rings is 1. The van der Waals surface area contributed by atoms with Gasteiger partial charge in [-0.3, -0.25) is 14.9 Å². The van der Waals surface area contributed by atoms with Crippen molar-refractivity contribution in [3.05, 3.63) is 76.1 Å². The number of hydrogen-bond acceptors (Lipinski definition) is 5. The van der Waals surface area contributed by atoms with Crippen molar-refractivity contribution in [2.75, 3.05) is 6.61 Å². The van der Waals surface area contributed by atoms with Crippen LogP contribution in [-0.2, 0) is 0 Å². The quantitative estimate of drug-likeness (QED) is 0.253. The number of carbonyl (C=O) groups excluding carboxylic acids is 1. The van der Waals surface area contributed by atoms with E-state index in [1.807, 2.05) is 6.92 Å². The Hall–Kier alpha value is -3.15. The van der Waals surface area contributed by atoms with Crippen LogP contribution in [-0.4, -0.2) is 17.3 Å². The average Bonchev–Trinajstić information content (AvgIpc) is 3.00. The summed E-state index contributed by atoms with van der Waals surface area (Å²) in [6, 6.07) is 9.34. The van der Waals surface area contributed by atoms with Gasteiger partial charge < -0.3 is 9.15 Å². The standard InChI is InChI=1S/C17H15NO5/c1-12(2)11-22-14-5-3-13(4-6-14)16(19)9-7-15-8-10-17(23-15)18(20)21/h3-10H,1,11H2,2H3/b9-7+. The number of hydrogen-bond donors (Lipinski definition) is 0. The maximum Gasteiger partial charge on any atom is 0.433 e. The summed E-state index contributed by atoms with van der Waals surface area (Å²) in [5, 5.41) is 10.5. The van der Waals surface area contributed by atoms with Crippen molar-refractivity contribution in [3.8, 4) is 5.75 Å². The summed E-state index contributed by atoms with van der Waals surface area (Å²) < 4.78 is 10.4. The Morgan fingerprint density at radius 3 is 2.57 bits per heavy atom. The highest BCUT2D eigenvalue weighted by Gasteiger charge is 2.10. The molecule has 2 aromatic rings. The lowest BCUT2D eigenvalue weighted by Gasteiger charge is -2.05. The first-order chi connectivity index (χ1) is 11.0. The van der Waals surface area contributed by atoms with Gasteiger partial charge in [0, 0.05) is 5.56 Å². The van der Waals surface area contributed by atoms with Gasteiger partial charge in [0.15, 0.2) is 5.78 Å². The lowest BCUT2D eigenvalue weighted by atomic mass is 10.1. The van der Waals surface area contributed by atoms with Crippen molar-refractivity contribution < 1.29 is 18.9 Å². The van der Waals surface area contributed by atoms with Gasteiger partial charge in [-0.2, -0.15) is 0 Å². The lowest BCUT2D eigenvalue weighted by Crippen LogP contribution is -1.98. The molecule has 0 spiro atoms. The van der Waals surface area contributed by atoms with Crippen molar-refractivity contribution >= 4 is 17.7 Å². The van der Waals surface area contributed by atoms with E-state index in [0.717, 1.165) is 5.57 Å². The molecule has 0 radical (unpaired) electrons. The monoisotopic (exact) mass is 313 g/mol. The molecule has 1 heterocycles. The minimum Gasteiger partial charge on any atom is -0.489 e. The van der Waals surface area contributed by atoms with E-state index >= 15 is 0 Å². The van der Waals surface area contributed by atoms with Crippen molar-refractivity contribution in [1.82, 2.24) is 0 Å². The number of ether oxygens (including phenoxy) is 1. The Kier molecular flexibility index (Phi) is 5.09. The minimum absolute atomic E-state index is 0.240. The summed E-state index contributed by atoms with van der Waals surface area (Å²) in [7, 11) is 0. The third kappa shape index (κ3) is 4.67. The van der Waals surface area contributed by atoms with Gasteiger partial charge in [0.05, 0.1) is 6.07 Å². The first-order valence-corrected chi connectivity index (χ1v) is 6.79. The summed E-state index contributed by atoms with van der Waals surface area (Å²) >= 11 is 0. The number of rotatable bonds is 7. The lowest BCUT2D eigenvalue weighted by molar-refractivity contribution is -0.402. The van der Waals surface area contributed by atoms with Gasteiger partial charge in [-0.1, -0.05) is 6.58 Å². The molecule has 6 heteroatoms. The van der Waals surface area contributed by atoms with Crippen molar-refractivity contribution in [2.24, 2.45) is 0 Å². The van der Waals surface area contributed by atoms with Crippen LogP contribution < -0.4 is 4.74 Å². The van der Waals surface area contributed by atoms with Crippen molar-refractivity contribution in [1.29, 1.82) is 0 Å². The molecule has 0 unspecified atom stereocenters. The van der Waals surface area contributed by atoms with Gasteiger partial charge in [0.1, 0.15) is 23.0 Å². The normalized spacial score (nSPS) is 10.7. The Labute approximate surface area is 132 Å². The second-order valence-corrected chi connectivity index (χ2v) is 4.90. The molecule has 0 aliphatic heterocycles. The highest BCUT2D eigenvalue weighted by molar-refractivity contribution is 6.06. The third-order valence-electron chi connectivity index (χ3n) is 2.82. The van der Waals surface area contributed by atoms with E-state index in [0.29, 0.717) is 17.9 Å². The highest BCUT2D eigenvalue weighted by atomic mass is 16.6. The predicted molar refractivity (Wildman–Crippen MR) is 85.5 cm³/mol. The summed E-state index contributed by atoms with van der Waals surface area (Å²) in [4.78, 5) is 21.9. The average molecular weight is 313 g/mol. The van der Waals surface area contributed by atoms with Crippen LogP contribution in [0, 0.1) is 10.1 Å². The van der Waals surface area contributed by atoms with Crippen molar-refractivity contribution in [3.63, 3.8) is 0 Å². The van der Waals surface area contributed by atoms with Gasteiger partial charge in [-0.05, 0) is 55.0 Å². The summed E-state index contributed by atoms with van der Waals surface area (Å²) in [5.74, 6) is 0.285. The van der Waals surface area contributed by atoms with E-state index in [9.17, 15) is 14.9 Å². The second-order valence-electron chi connectivity index (χ2n) is 4.90. The molecule has 0 fully saturated rings. The number of nitro groups is 1. The van der Waals surface area contributed by atoms with E-state index < -0.39 is 4.92 Å². The van der Waals surface area contributed by atoms with Gasteiger partial charge in [0.2, 0.25) is 0 Å². The van der Waals surface area contributed by atoms with Crippen LogP contribution in [0.4, 0.5) is 5.88 Å². The third-order valence-corrected chi connectivity index (χ3v) is 2.82. The van der Waals surface area contributed by atoms with Gasteiger partial charge >= 0.3 is 5.88 Å². The largest absolute Gasteiger partial charge is 0.489 e. The maximum absolute atomic E-state index is 12.0. The van der Waals surface area contributed by atoms with E-state index in [2.05, 4.69) is 6.58 Å². The molecule has 0 aliphatic rings. The molecule has 118 valence electrons. The Morgan fingerprint density at radius 1 is 1.30 bits per heavy atom. The van der Waals surface area contributed by atoms with Crippen molar-refractivity contribution in [2.45, 2.75) is 6.92 Å². The first-order valence-electron chi connectivity index (χ1n) is 6.79. The fourth-order valence-corrected chi connectivity index (χ4v) is 1.71. The molecule has 0 amide bonds. The molecule has 0 saturated carbocycles. The van der Waals surface area contributed by atoms with E-state index in [-0.39, 0.29) is 17.4 Å². The Morgan fingerprint density at radius 2 is 2.00 bits per heavy atom. The molecular formula is C17H15NO5. The molecule has 23 heavy (non-hydrogen) atoms. The number of nitrogens with zero attached hydrogens (tertiary/aromatic N) is 1. The summed E-state index contributed by atoms with van der Waals surface area (Å²) in [5.41, 5.74) is 1.38. The van der Waals surface area contributed by atoms with Crippen LogP contribution in [0.25, 0.3) is 6.08 Å². The number of ketones is 1. The maximum atomic E-state index is 12.0. The fourth-order valence-electron chi connectivity index (χ4n) is 1.71. The van der Waals surface area contributed by atoms with Gasteiger partial charge in [0.25, 0.3) is 0 Å². The van der Waals surface area contributed by atoms with Gasteiger partial charge in [-0.25, -0.2) is 0 Å². The molecule has 0 N–H and O–H groups in total. The number of benzene rings is 1. The van der Waals surface area contributed by atoms with Crippen LogP contribution >= 0.6 is 0 Å². The van der Waals surface area contributed by atoms with Crippen LogP contribution in [0.2, 0.25) is 0 Å². The zero-order valence-electron chi connectivity index (χ0n) is 12.5. The molecule has 6 nitrogen and oxygen atoms in total. The van der Waals surface area contributed by atoms with Crippen LogP contribution in [0.3, 0.4) is 0 Å². The molecule has 0 aliphatic carbocycles. The van der Waals surface area contributed by atoms with Crippen LogP contribution in [0.1, 0.15) is 23.0 Å². The fraction of sp³-hybridized carbons (Fsp3) is 0.118. The van der Waals surface area contributed by atoms with E-state index in [4.69, 9.17) is 9.15 Å². The Bertz CT molecular complexity index is 756. The summed E-state index contributed by atoms with van der Waals surface area (Å²) in [6.07, 6.45) is 2.69. The molecule has 1 aromatic heterocycles. The molecular weight excluding hydrogens is 298 g/mol. The van der Waals surface area contributed by atoms with E-state index in [1.165, 1.54) is 24.3 Å². The van der Waals surface area contributed by atoms with Crippen LogP contribution in [0.15, 0.2) is 59.0 Å². The predicted octanol–water partition coefficient (Wildman–Crippen LogP) is 4.04. The zero-order chi connectivity index (χ0) is 16.8. The number of allylic oxidation sites excluding steroid dienone is 1. The minimum atomic E-state index is -0.636. The van der Waals surface area contributed by atoms with Gasteiger partial charge in [-0.15, -0.1) is 0 Å². The first kappa shape index (κ1) is 16.2.